The van der Waals surface area contributed by atoms with Gasteiger partial charge in [-0.05, 0) is 50.5 Å². The summed E-state index contributed by atoms with van der Waals surface area (Å²) in [7, 11) is 0. The Bertz CT molecular complexity index is 1110. The van der Waals surface area contributed by atoms with Gasteiger partial charge in [0.05, 0.1) is 29.6 Å². The molecule has 3 aromatic rings. The van der Waals surface area contributed by atoms with Gasteiger partial charge in [0.25, 0.3) is 5.91 Å². The Labute approximate surface area is 183 Å². The van der Waals surface area contributed by atoms with E-state index in [4.69, 9.17) is 9.84 Å². The van der Waals surface area contributed by atoms with Crippen molar-refractivity contribution in [3.8, 4) is 11.6 Å². The minimum absolute atomic E-state index is 0.0199. The number of ether oxygens (including phenoxy) is 1. The normalized spacial score (nSPS) is 16.2. The summed E-state index contributed by atoms with van der Waals surface area (Å²) in [5.41, 5.74) is 1.65. The van der Waals surface area contributed by atoms with Crippen molar-refractivity contribution < 1.29 is 22.7 Å². The average molecular weight is 444 g/mol. The van der Waals surface area contributed by atoms with E-state index in [1.165, 1.54) is 12.1 Å². The van der Waals surface area contributed by atoms with Crippen LogP contribution in [0.25, 0.3) is 5.69 Å². The number of rotatable bonds is 5. The molecule has 0 saturated heterocycles. The highest BCUT2D eigenvalue weighted by molar-refractivity contribution is 5.94. The Morgan fingerprint density at radius 2 is 2.09 bits per heavy atom. The lowest BCUT2D eigenvalue weighted by Gasteiger charge is -2.17. The van der Waals surface area contributed by atoms with Crippen LogP contribution < -0.4 is 10.1 Å². The Kier molecular flexibility index (Phi) is 6.16. The van der Waals surface area contributed by atoms with Gasteiger partial charge in [0, 0.05) is 29.6 Å². The predicted molar refractivity (Wildman–Crippen MR) is 112 cm³/mol. The van der Waals surface area contributed by atoms with Crippen molar-refractivity contribution in [2.24, 2.45) is 0 Å². The van der Waals surface area contributed by atoms with Crippen molar-refractivity contribution >= 4 is 5.91 Å². The molecule has 0 unspecified atom stereocenters. The number of pyridine rings is 1. The maximum atomic E-state index is 13.0. The van der Waals surface area contributed by atoms with Crippen LogP contribution in [0.3, 0.4) is 0 Å². The Morgan fingerprint density at radius 3 is 2.88 bits per heavy atom. The predicted octanol–water partition coefficient (Wildman–Crippen LogP) is 4.88. The second kappa shape index (κ2) is 9.02. The van der Waals surface area contributed by atoms with Crippen LogP contribution in [0.4, 0.5) is 13.2 Å². The number of alkyl halides is 3. The van der Waals surface area contributed by atoms with Gasteiger partial charge in [-0.2, -0.15) is 18.3 Å². The zero-order chi connectivity index (χ0) is 22.7. The standard InChI is InChI=1S/C23H23F3N4O2/c1-2-32-21-13-17(10-11-27-21)30-14-18-19(8-3-4-9-20(18)29-30)28-22(31)15-6-5-7-16(12-15)23(24,25)26/h5-7,10-14,19H,2-4,8-9H2,1H3,(H,28,31)/t19-/m0/s1. The van der Waals surface area contributed by atoms with E-state index >= 15 is 0 Å². The molecule has 2 heterocycles. The first-order chi connectivity index (χ1) is 15.3. The van der Waals surface area contributed by atoms with Crippen molar-refractivity contribution in [2.75, 3.05) is 6.61 Å². The molecule has 1 aliphatic carbocycles. The number of fused-ring (bicyclic) bond motifs is 1. The molecule has 0 spiro atoms. The summed E-state index contributed by atoms with van der Waals surface area (Å²) in [5.74, 6) is -0.0469. The van der Waals surface area contributed by atoms with Gasteiger partial charge < -0.3 is 10.1 Å². The van der Waals surface area contributed by atoms with Crippen molar-refractivity contribution in [1.82, 2.24) is 20.1 Å². The van der Waals surface area contributed by atoms with E-state index in [9.17, 15) is 18.0 Å². The van der Waals surface area contributed by atoms with E-state index in [0.717, 1.165) is 48.3 Å². The largest absolute Gasteiger partial charge is 0.478 e. The summed E-state index contributed by atoms with van der Waals surface area (Å²) in [6.07, 6.45) is 2.25. The van der Waals surface area contributed by atoms with Crippen LogP contribution in [-0.4, -0.2) is 27.3 Å². The fraction of sp³-hybridized carbons (Fsp3) is 0.348. The van der Waals surface area contributed by atoms with Crippen molar-refractivity contribution in [1.29, 1.82) is 0 Å². The molecule has 0 fully saturated rings. The first kappa shape index (κ1) is 21.9. The van der Waals surface area contributed by atoms with Crippen LogP contribution in [0.15, 0.2) is 48.8 Å². The minimum atomic E-state index is -4.50. The SMILES string of the molecule is CCOc1cc(-n2cc3c(n2)CCCC[C@@H]3NC(=O)c2cccc(C(F)(F)F)c2)ccn1. The van der Waals surface area contributed by atoms with Gasteiger partial charge in [-0.25, -0.2) is 9.67 Å². The summed E-state index contributed by atoms with van der Waals surface area (Å²) in [6, 6.07) is 7.72. The molecule has 0 saturated carbocycles. The number of aryl methyl sites for hydroxylation is 1. The molecule has 9 heteroatoms. The topological polar surface area (TPSA) is 69.0 Å². The van der Waals surface area contributed by atoms with E-state index in [-0.39, 0.29) is 11.6 Å². The van der Waals surface area contributed by atoms with E-state index in [1.807, 2.05) is 19.2 Å². The van der Waals surface area contributed by atoms with Crippen molar-refractivity contribution in [2.45, 2.75) is 44.8 Å². The second-order valence-electron chi connectivity index (χ2n) is 7.61. The molecule has 1 N–H and O–H groups in total. The molecule has 4 rings (SSSR count). The molecule has 1 aliphatic rings. The highest BCUT2D eigenvalue weighted by Gasteiger charge is 2.31. The number of benzene rings is 1. The number of carbonyl (C=O) groups excluding carboxylic acids is 1. The number of halogens is 3. The van der Waals surface area contributed by atoms with Gasteiger partial charge in [-0.3, -0.25) is 4.79 Å². The fourth-order valence-electron chi connectivity index (χ4n) is 3.83. The molecule has 2 aromatic heterocycles. The van der Waals surface area contributed by atoms with Crippen molar-refractivity contribution in [3.63, 3.8) is 0 Å². The van der Waals surface area contributed by atoms with Crippen molar-refractivity contribution in [3.05, 3.63) is 71.2 Å². The number of carbonyl (C=O) groups is 1. The monoisotopic (exact) mass is 444 g/mol. The average Bonchev–Trinajstić information content (AvgIpc) is 3.11. The smallest absolute Gasteiger partial charge is 0.416 e. The highest BCUT2D eigenvalue weighted by Crippen LogP contribution is 2.31. The summed E-state index contributed by atoms with van der Waals surface area (Å²) >= 11 is 0. The third-order valence-corrected chi connectivity index (χ3v) is 5.39. The van der Waals surface area contributed by atoms with Crippen LogP contribution in [0, 0.1) is 0 Å². The van der Waals surface area contributed by atoms with Gasteiger partial charge in [0.2, 0.25) is 5.88 Å². The maximum absolute atomic E-state index is 13.0. The van der Waals surface area contributed by atoms with E-state index in [1.54, 1.807) is 16.9 Å². The number of amides is 1. The highest BCUT2D eigenvalue weighted by atomic mass is 19.4. The molecule has 1 atom stereocenters. The van der Waals surface area contributed by atoms with E-state index in [0.29, 0.717) is 18.9 Å². The lowest BCUT2D eigenvalue weighted by Crippen LogP contribution is -2.28. The van der Waals surface area contributed by atoms with Crippen LogP contribution in [0.1, 0.15) is 59.4 Å². The summed E-state index contributed by atoms with van der Waals surface area (Å²) < 4.78 is 46.3. The van der Waals surface area contributed by atoms with E-state index < -0.39 is 17.6 Å². The van der Waals surface area contributed by atoms with Crippen LogP contribution in [0.2, 0.25) is 0 Å². The molecule has 1 aromatic carbocycles. The Hall–Kier alpha value is -3.36. The molecule has 1 amide bonds. The quantitative estimate of drug-likeness (QED) is 0.570. The summed E-state index contributed by atoms with van der Waals surface area (Å²) in [4.78, 5) is 16.9. The van der Waals surface area contributed by atoms with Gasteiger partial charge >= 0.3 is 6.18 Å². The fourth-order valence-corrected chi connectivity index (χ4v) is 3.83. The van der Waals surface area contributed by atoms with Crippen LogP contribution >= 0.6 is 0 Å². The van der Waals surface area contributed by atoms with Gasteiger partial charge in [0.1, 0.15) is 0 Å². The van der Waals surface area contributed by atoms with E-state index in [2.05, 4.69) is 10.3 Å². The lowest BCUT2D eigenvalue weighted by atomic mass is 10.0. The Balaban J connectivity index is 1.59. The van der Waals surface area contributed by atoms with Gasteiger partial charge in [0.15, 0.2) is 0 Å². The molecular formula is C23H23F3N4O2. The molecule has 6 nitrogen and oxygen atoms in total. The number of hydrogen-bond donors (Lipinski definition) is 1. The maximum Gasteiger partial charge on any atom is 0.416 e. The minimum Gasteiger partial charge on any atom is -0.478 e. The molecule has 32 heavy (non-hydrogen) atoms. The first-order valence-corrected chi connectivity index (χ1v) is 10.5. The molecule has 0 radical (unpaired) electrons. The third kappa shape index (κ3) is 4.76. The molecule has 168 valence electrons. The zero-order valence-electron chi connectivity index (χ0n) is 17.5. The third-order valence-electron chi connectivity index (χ3n) is 5.39. The van der Waals surface area contributed by atoms with Gasteiger partial charge in [-0.1, -0.05) is 12.5 Å². The summed E-state index contributed by atoms with van der Waals surface area (Å²) in [5, 5.41) is 7.60. The molecular weight excluding hydrogens is 421 g/mol. The summed E-state index contributed by atoms with van der Waals surface area (Å²) in [6.45, 7) is 2.37. The number of aromatic nitrogens is 3. The van der Waals surface area contributed by atoms with Crippen LogP contribution in [0.5, 0.6) is 5.88 Å². The molecule has 0 bridgehead atoms. The van der Waals surface area contributed by atoms with Gasteiger partial charge in [-0.15, -0.1) is 0 Å². The second-order valence-corrected chi connectivity index (χ2v) is 7.61. The zero-order valence-corrected chi connectivity index (χ0v) is 17.5. The lowest BCUT2D eigenvalue weighted by molar-refractivity contribution is -0.137. The van der Waals surface area contributed by atoms with Crippen LogP contribution in [-0.2, 0) is 12.6 Å². The number of nitrogens with one attached hydrogen (secondary N) is 1. The first-order valence-electron chi connectivity index (χ1n) is 10.5. The number of nitrogens with zero attached hydrogens (tertiary/aromatic N) is 3. The molecule has 0 aliphatic heterocycles. The Morgan fingerprint density at radius 1 is 1.25 bits per heavy atom. The number of hydrogen-bond acceptors (Lipinski definition) is 4.